The van der Waals surface area contributed by atoms with Crippen LogP contribution in [0.2, 0.25) is 0 Å². The standard InChI is InChI=1S/C27H21NO5/c1-17-10-13-19(14-11-17)24-23(22(29)15-12-18-6-3-2-4-7-18)25(30)26(31)28(24)21-9-5-8-20(16-21)27(32)33/h2-16,24,30H,1H3,(H,32,33). The summed E-state index contributed by atoms with van der Waals surface area (Å²) in [4.78, 5) is 39.0. The molecule has 0 aromatic heterocycles. The molecule has 1 heterocycles. The molecule has 0 saturated carbocycles. The molecule has 0 fully saturated rings. The van der Waals surface area contributed by atoms with Crippen LogP contribution in [0.3, 0.4) is 0 Å². The van der Waals surface area contributed by atoms with Crippen LogP contribution in [0.4, 0.5) is 5.69 Å². The monoisotopic (exact) mass is 439 g/mol. The first-order valence-corrected chi connectivity index (χ1v) is 10.3. The largest absolute Gasteiger partial charge is 0.503 e. The van der Waals surface area contributed by atoms with Crippen molar-refractivity contribution >= 4 is 29.4 Å². The van der Waals surface area contributed by atoms with Gasteiger partial charge in [-0.15, -0.1) is 0 Å². The molecule has 2 N–H and O–H groups in total. The number of carbonyl (C=O) groups is 3. The molecule has 3 aromatic carbocycles. The molecule has 1 aliphatic rings. The van der Waals surface area contributed by atoms with Crippen molar-refractivity contribution in [2.45, 2.75) is 13.0 Å². The molecule has 1 aliphatic heterocycles. The molecule has 1 atom stereocenters. The first-order chi connectivity index (χ1) is 15.9. The maximum absolute atomic E-state index is 13.2. The first kappa shape index (κ1) is 21.8. The Labute approximate surface area is 190 Å². The molecule has 6 heteroatoms. The van der Waals surface area contributed by atoms with E-state index in [1.807, 2.05) is 49.4 Å². The highest BCUT2D eigenvalue weighted by atomic mass is 16.4. The van der Waals surface area contributed by atoms with Gasteiger partial charge >= 0.3 is 5.97 Å². The summed E-state index contributed by atoms with van der Waals surface area (Å²) >= 11 is 0. The number of rotatable bonds is 6. The number of hydrogen-bond donors (Lipinski definition) is 2. The Kier molecular flexibility index (Phi) is 5.91. The predicted molar refractivity (Wildman–Crippen MR) is 125 cm³/mol. The van der Waals surface area contributed by atoms with Crippen LogP contribution in [0.5, 0.6) is 0 Å². The number of aliphatic hydroxyl groups is 1. The summed E-state index contributed by atoms with van der Waals surface area (Å²) in [5.41, 5.74) is 2.62. The van der Waals surface area contributed by atoms with Crippen molar-refractivity contribution in [1.82, 2.24) is 0 Å². The lowest BCUT2D eigenvalue weighted by Crippen LogP contribution is -2.31. The molecule has 1 amide bonds. The Bertz CT molecular complexity index is 1290. The van der Waals surface area contributed by atoms with Crippen molar-refractivity contribution in [3.05, 3.63) is 119 Å². The van der Waals surface area contributed by atoms with Crippen molar-refractivity contribution in [1.29, 1.82) is 0 Å². The Balaban J connectivity index is 1.81. The summed E-state index contributed by atoms with van der Waals surface area (Å²) in [5, 5.41) is 20.1. The van der Waals surface area contributed by atoms with Gasteiger partial charge in [0.2, 0.25) is 0 Å². The molecular weight excluding hydrogens is 418 g/mol. The fourth-order valence-electron chi connectivity index (χ4n) is 3.80. The number of aromatic carboxylic acids is 1. The Hall–Kier alpha value is -4.45. The van der Waals surface area contributed by atoms with Gasteiger partial charge in [-0.05, 0) is 42.3 Å². The van der Waals surface area contributed by atoms with Gasteiger partial charge in [0.05, 0.1) is 17.2 Å². The summed E-state index contributed by atoms with van der Waals surface area (Å²) in [5.74, 6) is -3.06. The normalized spacial score (nSPS) is 16.0. The molecular formula is C27H21NO5. The number of allylic oxidation sites excluding steroid dienone is 1. The number of carboxylic acid groups (broad SMARTS) is 1. The number of carboxylic acids is 1. The van der Waals surface area contributed by atoms with Crippen LogP contribution in [0.25, 0.3) is 6.08 Å². The van der Waals surface area contributed by atoms with Gasteiger partial charge in [-0.1, -0.05) is 72.3 Å². The van der Waals surface area contributed by atoms with Gasteiger partial charge in [0.25, 0.3) is 5.91 Å². The number of anilines is 1. The maximum atomic E-state index is 13.2. The molecule has 6 nitrogen and oxygen atoms in total. The second-order valence-electron chi connectivity index (χ2n) is 7.71. The minimum atomic E-state index is -1.14. The maximum Gasteiger partial charge on any atom is 0.335 e. The third kappa shape index (κ3) is 4.32. The Morgan fingerprint density at radius 2 is 1.64 bits per heavy atom. The lowest BCUT2D eigenvalue weighted by molar-refractivity contribution is -0.117. The molecule has 4 rings (SSSR count). The van der Waals surface area contributed by atoms with E-state index in [0.29, 0.717) is 5.56 Å². The molecule has 1 unspecified atom stereocenters. The van der Waals surface area contributed by atoms with Crippen LogP contribution >= 0.6 is 0 Å². The SMILES string of the molecule is Cc1ccc(C2C(C(=O)C=Cc3ccccc3)=C(O)C(=O)N2c2cccc(C(=O)O)c2)cc1. The third-order valence-electron chi connectivity index (χ3n) is 5.46. The lowest BCUT2D eigenvalue weighted by atomic mass is 9.94. The quantitative estimate of drug-likeness (QED) is 0.534. The van der Waals surface area contributed by atoms with E-state index in [0.717, 1.165) is 11.1 Å². The number of aryl methyl sites for hydroxylation is 1. The average Bonchev–Trinajstić information content (AvgIpc) is 3.09. The minimum Gasteiger partial charge on any atom is -0.503 e. The second kappa shape index (κ2) is 8.96. The van der Waals surface area contributed by atoms with Gasteiger partial charge in [-0.3, -0.25) is 14.5 Å². The third-order valence-corrected chi connectivity index (χ3v) is 5.46. The zero-order chi connectivity index (χ0) is 23.5. The van der Waals surface area contributed by atoms with E-state index in [1.54, 1.807) is 24.3 Å². The fraction of sp³-hybridized carbons (Fsp3) is 0.0741. The number of aliphatic hydroxyl groups excluding tert-OH is 1. The molecule has 164 valence electrons. The smallest absolute Gasteiger partial charge is 0.335 e. The van der Waals surface area contributed by atoms with Crippen LogP contribution in [-0.2, 0) is 9.59 Å². The molecule has 0 bridgehead atoms. The van der Waals surface area contributed by atoms with Crippen molar-refractivity contribution in [3.8, 4) is 0 Å². The molecule has 0 aliphatic carbocycles. The molecule has 0 spiro atoms. The van der Waals surface area contributed by atoms with Crippen molar-refractivity contribution in [2.75, 3.05) is 4.90 Å². The van der Waals surface area contributed by atoms with Gasteiger partial charge in [0, 0.05) is 5.69 Å². The van der Waals surface area contributed by atoms with Crippen LogP contribution < -0.4 is 4.90 Å². The van der Waals surface area contributed by atoms with Crippen molar-refractivity contribution in [3.63, 3.8) is 0 Å². The predicted octanol–water partition coefficient (Wildman–Crippen LogP) is 4.88. The van der Waals surface area contributed by atoms with E-state index in [9.17, 15) is 24.6 Å². The van der Waals surface area contributed by atoms with Crippen LogP contribution in [0.1, 0.15) is 33.1 Å². The van der Waals surface area contributed by atoms with E-state index in [4.69, 9.17) is 0 Å². The van der Waals surface area contributed by atoms with E-state index >= 15 is 0 Å². The summed E-state index contributed by atoms with van der Waals surface area (Å²) in [6.07, 6.45) is 2.94. The van der Waals surface area contributed by atoms with Gasteiger partial charge in [0.15, 0.2) is 11.5 Å². The molecule has 33 heavy (non-hydrogen) atoms. The zero-order valence-corrected chi connectivity index (χ0v) is 17.8. The minimum absolute atomic E-state index is 0.00815. The highest BCUT2D eigenvalue weighted by Gasteiger charge is 2.43. The summed E-state index contributed by atoms with van der Waals surface area (Å²) in [7, 11) is 0. The molecule has 3 aromatic rings. The highest BCUT2D eigenvalue weighted by molar-refractivity contribution is 6.20. The van der Waals surface area contributed by atoms with Gasteiger partial charge in [-0.25, -0.2) is 4.79 Å². The number of amides is 1. The van der Waals surface area contributed by atoms with E-state index in [2.05, 4.69) is 0 Å². The molecule has 0 saturated heterocycles. The van der Waals surface area contributed by atoms with Crippen molar-refractivity contribution in [2.24, 2.45) is 0 Å². The Morgan fingerprint density at radius 1 is 0.939 bits per heavy atom. The van der Waals surface area contributed by atoms with E-state index in [1.165, 1.54) is 29.2 Å². The summed E-state index contributed by atoms with van der Waals surface area (Å²) in [6.45, 7) is 1.92. The van der Waals surface area contributed by atoms with E-state index in [-0.39, 0.29) is 16.8 Å². The molecule has 0 radical (unpaired) electrons. The highest BCUT2D eigenvalue weighted by Crippen LogP contribution is 2.41. The number of ketones is 1. The zero-order valence-electron chi connectivity index (χ0n) is 17.8. The Morgan fingerprint density at radius 3 is 2.30 bits per heavy atom. The van der Waals surface area contributed by atoms with Crippen molar-refractivity contribution < 1.29 is 24.6 Å². The number of nitrogens with zero attached hydrogens (tertiary/aromatic N) is 1. The fourth-order valence-corrected chi connectivity index (χ4v) is 3.80. The summed E-state index contributed by atoms with van der Waals surface area (Å²) < 4.78 is 0. The lowest BCUT2D eigenvalue weighted by Gasteiger charge is -2.27. The van der Waals surface area contributed by atoms with Gasteiger partial charge in [-0.2, -0.15) is 0 Å². The van der Waals surface area contributed by atoms with Gasteiger partial charge in [0.1, 0.15) is 0 Å². The number of benzene rings is 3. The number of carbonyl (C=O) groups excluding carboxylic acids is 2. The summed E-state index contributed by atoms with van der Waals surface area (Å²) in [6, 6.07) is 21.4. The van der Waals surface area contributed by atoms with Crippen LogP contribution in [0, 0.1) is 6.92 Å². The first-order valence-electron chi connectivity index (χ1n) is 10.3. The second-order valence-corrected chi connectivity index (χ2v) is 7.71. The van der Waals surface area contributed by atoms with Gasteiger partial charge < -0.3 is 10.2 Å². The van der Waals surface area contributed by atoms with E-state index < -0.39 is 29.5 Å². The van der Waals surface area contributed by atoms with Crippen LogP contribution in [-0.4, -0.2) is 27.9 Å². The average molecular weight is 439 g/mol. The number of hydrogen-bond acceptors (Lipinski definition) is 4. The topological polar surface area (TPSA) is 94.9 Å². The van der Waals surface area contributed by atoms with Crippen LogP contribution in [0.15, 0.2) is 96.3 Å².